The van der Waals surface area contributed by atoms with Crippen LogP contribution >= 0.6 is 0 Å². The van der Waals surface area contributed by atoms with Crippen LogP contribution in [0, 0.1) is 0 Å². The van der Waals surface area contributed by atoms with Gasteiger partial charge in [0.1, 0.15) is 6.23 Å². The molecule has 174 valence electrons. The molecule has 0 aliphatic carbocycles. The first-order valence-electron chi connectivity index (χ1n) is 13.0. The van der Waals surface area contributed by atoms with Gasteiger partial charge < -0.3 is 9.30 Å². The minimum atomic E-state index is 0.0413. The molecule has 4 aromatic rings. The van der Waals surface area contributed by atoms with Crippen molar-refractivity contribution in [1.82, 2.24) is 4.57 Å². The lowest BCUT2D eigenvalue weighted by atomic mass is 10.1. The Bertz CT molecular complexity index is 1040. The van der Waals surface area contributed by atoms with Crippen molar-refractivity contribution in [1.29, 1.82) is 0 Å². The summed E-state index contributed by atoms with van der Waals surface area (Å²) in [5, 5.41) is 2.63. The van der Waals surface area contributed by atoms with E-state index in [1.807, 2.05) is 0 Å². The van der Waals surface area contributed by atoms with Gasteiger partial charge in [-0.2, -0.15) is 0 Å². The van der Waals surface area contributed by atoms with Crippen molar-refractivity contribution >= 4 is 21.8 Å². The van der Waals surface area contributed by atoms with E-state index in [0.717, 1.165) is 6.42 Å². The Balaban J connectivity index is 1.46. The molecule has 0 aliphatic rings. The number of ether oxygens (including phenoxy) is 1. The maximum Gasteiger partial charge on any atom is 0.134 e. The highest BCUT2D eigenvalue weighted by molar-refractivity contribution is 6.08. The van der Waals surface area contributed by atoms with Crippen LogP contribution in [0.25, 0.3) is 21.8 Å². The van der Waals surface area contributed by atoms with Crippen LogP contribution in [-0.2, 0) is 11.3 Å². The van der Waals surface area contributed by atoms with Gasteiger partial charge in [-0.05, 0) is 30.5 Å². The van der Waals surface area contributed by atoms with E-state index < -0.39 is 0 Å². The van der Waals surface area contributed by atoms with Gasteiger partial charge in [0.15, 0.2) is 0 Å². The standard InChI is InChI=1S/C31H39NO/c1-2-3-4-5-6-7-8-9-13-24-31(33-25-26-18-11-10-12-19-26)32-29-22-16-14-20-27(29)28-21-15-17-23-30(28)32/h10-12,14-23,31H,2-9,13,24-25H2,1H3. The Morgan fingerprint density at radius 3 is 1.73 bits per heavy atom. The van der Waals surface area contributed by atoms with Crippen LogP contribution in [0.5, 0.6) is 0 Å². The number of rotatable bonds is 14. The van der Waals surface area contributed by atoms with Crippen LogP contribution in [0.3, 0.4) is 0 Å². The predicted octanol–water partition coefficient (Wildman–Crippen LogP) is 9.43. The molecule has 1 aromatic heterocycles. The van der Waals surface area contributed by atoms with Crippen LogP contribution < -0.4 is 0 Å². The summed E-state index contributed by atoms with van der Waals surface area (Å²) in [6.07, 6.45) is 13.2. The van der Waals surface area contributed by atoms with E-state index in [-0.39, 0.29) is 6.23 Å². The zero-order chi connectivity index (χ0) is 22.7. The van der Waals surface area contributed by atoms with Crippen molar-refractivity contribution in [3.63, 3.8) is 0 Å². The molecule has 0 aliphatic heterocycles. The highest BCUT2D eigenvalue weighted by Crippen LogP contribution is 2.34. The lowest BCUT2D eigenvalue weighted by Crippen LogP contribution is -2.13. The minimum Gasteiger partial charge on any atom is -0.353 e. The summed E-state index contributed by atoms with van der Waals surface area (Å²) in [5.41, 5.74) is 3.77. The number of hydrogen-bond donors (Lipinski definition) is 0. The molecule has 0 bridgehead atoms. The SMILES string of the molecule is CCCCCCCCCCCC(OCc1ccccc1)n1c2ccccc2c2ccccc21. The number of benzene rings is 3. The first kappa shape index (κ1) is 23.6. The highest BCUT2D eigenvalue weighted by Gasteiger charge is 2.18. The van der Waals surface area contributed by atoms with Crippen LogP contribution in [0.4, 0.5) is 0 Å². The summed E-state index contributed by atoms with van der Waals surface area (Å²) in [7, 11) is 0. The molecule has 2 heteroatoms. The normalized spacial score (nSPS) is 12.5. The van der Waals surface area contributed by atoms with Crippen molar-refractivity contribution in [3.05, 3.63) is 84.4 Å². The topological polar surface area (TPSA) is 14.2 Å². The molecule has 0 spiro atoms. The molecule has 33 heavy (non-hydrogen) atoms. The van der Waals surface area contributed by atoms with Gasteiger partial charge in [0, 0.05) is 10.8 Å². The molecule has 1 heterocycles. The second kappa shape index (κ2) is 12.6. The fourth-order valence-electron chi connectivity index (χ4n) is 4.95. The maximum atomic E-state index is 6.62. The highest BCUT2D eigenvalue weighted by atomic mass is 16.5. The number of hydrogen-bond acceptors (Lipinski definition) is 1. The molecular weight excluding hydrogens is 402 g/mol. The van der Waals surface area contributed by atoms with E-state index in [1.54, 1.807) is 0 Å². The third-order valence-corrected chi connectivity index (χ3v) is 6.75. The van der Waals surface area contributed by atoms with Gasteiger partial charge in [0.25, 0.3) is 0 Å². The van der Waals surface area contributed by atoms with E-state index in [4.69, 9.17) is 4.74 Å². The summed E-state index contributed by atoms with van der Waals surface area (Å²) in [5.74, 6) is 0. The molecule has 1 unspecified atom stereocenters. The van der Waals surface area contributed by atoms with Crippen LogP contribution in [-0.4, -0.2) is 4.57 Å². The molecule has 0 saturated heterocycles. The van der Waals surface area contributed by atoms with Crippen molar-refractivity contribution in [2.75, 3.05) is 0 Å². The molecule has 0 N–H and O–H groups in total. The second-order valence-corrected chi connectivity index (χ2v) is 9.27. The Morgan fingerprint density at radius 2 is 1.12 bits per heavy atom. The first-order valence-corrected chi connectivity index (χ1v) is 13.0. The summed E-state index contributed by atoms with van der Waals surface area (Å²) in [6.45, 7) is 2.93. The number of unbranched alkanes of at least 4 members (excludes halogenated alkanes) is 8. The van der Waals surface area contributed by atoms with Gasteiger partial charge in [-0.15, -0.1) is 0 Å². The van der Waals surface area contributed by atoms with E-state index >= 15 is 0 Å². The van der Waals surface area contributed by atoms with Gasteiger partial charge in [-0.25, -0.2) is 0 Å². The second-order valence-electron chi connectivity index (χ2n) is 9.27. The van der Waals surface area contributed by atoms with Crippen molar-refractivity contribution in [3.8, 4) is 0 Å². The number of aromatic nitrogens is 1. The Morgan fingerprint density at radius 1 is 0.606 bits per heavy atom. The zero-order valence-corrected chi connectivity index (χ0v) is 20.2. The van der Waals surface area contributed by atoms with E-state index in [1.165, 1.54) is 85.2 Å². The fourth-order valence-corrected chi connectivity index (χ4v) is 4.95. The average Bonchev–Trinajstić information content (AvgIpc) is 3.20. The van der Waals surface area contributed by atoms with Gasteiger partial charge in [-0.1, -0.05) is 125 Å². The number of para-hydroxylation sites is 2. The maximum absolute atomic E-state index is 6.62. The summed E-state index contributed by atoms with van der Waals surface area (Å²) < 4.78 is 9.07. The summed E-state index contributed by atoms with van der Waals surface area (Å²) in [6, 6.07) is 28.1. The minimum absolute atomic E-state index is 0.0413. The van der Waals surface area contributed by atoms with Gasteiger partial charge in [-0.3, -0.25) is 0 Å². The van der Waals surface area contributed by atoms with Crippen molar-refractivity contribution in [2.24, 2.45) is 0 Å². The van der Waals surface area contributed by atoms with Crippen molar-refractivity contribution in [2.45, 2.75) is 84.0 Å². The van der Waals surface area contributed by atoms with Gasteiger partial charge in [0.2, 0.25) is 0 Å². The smallest absolute Gasteiger partial charge is 0.134 e. The molecule has 4 rings (SSSR count). The number of fused-ring (bicyclic) bond motifs is 3. The molecule has 0 saturated carbocycles. The van der Waals surface area contributed by atoms with Gasteiger partial charge in [0.05, 0.1) is 17.6 Å². The molecule has 1 atom stereocenters. The molecule has 0 fully saturated rings. The van der Waals surface area contributed by atoms with Crippen LogP contribution in [0.2, 0.25) is 0 Å². The third kappa shape index (κ3) is 6.26. The first-order chi connectivity index (χ1) is 16.4. The van der Waals surface area contributed by atoms with E-state index in [2.05, 4.69) is 90.4 Å². The Kier molecular flexibility index (Phi) is 9.00. The average molecular weight is 442 g/mol. The lowest BCUT2D eigenvalue weighted by molar-refractivity contribution is -0.0113. The molecule has 3 aromatic carbocycles. The fraction of sp³-hybridized carbons (Fsp3) is 0.419. The van der Waals surface area contributed by atoms with Gasteiger partial charge >= 0.3 is 0 Å². The quantitative estimate of drug-likeness (QED) is 0.178. The molecule has 0 radical (unpaired) electrons. The van der Waals surface area contributed by atoms with Crippen LogP contribution in [0.15, 0.2) is 78.9 Å². The summed E-state index contributed by atoms with van der Waals surface area (Å²) >= 11 is 0. The number of nitrogens with zero attached hydrogens (tertiary/aromatic N) is 1. The van der Waals surface area contributed by atoms with E-state index in [0.29, 0.717) is 6.61 Å². The monoisotopic (exact) mass is 441 g/mol. The Hall–Kier alpha value is -2.58. The molecule has 0 amide bonds. The third-order valence-electron chi connectivity index (χ3n) is 6.75. The zero-order valence-electron chi connectivity index (χ0n) is 20.2. The van der Waals surface area contributed by atoms with E-state index in [9.17, 15) is 0 Å². The summed E-state index contributed by atoms with van der Waals surface area (Å²) in [4.78, 5) is 0. The predicted molar refractivity (Wildman–Crippen MR) is 142 cm³/mol. The Labute approximate surface area is 199 Å². The molecular formula is C31H39NO. The molecule has 2 nitrogen and oxygen atoms in total. The van der Waals surface area contributed by atoms with Crippen LogP contribution in [0.1, 0.15) is 82.9 Å². The lowest BCUT2D eigenvalue weighted by Gasteiger charge is -2.22. The van der Waals surface area contributed by atoms with Crippen molar-refractivity contribution < 1.29 is 4.74 Å². The largest absolute Gasteiger partial charge is 0.353 e.